The number of ketones is 1. The van der Waals surface area contributed by atoms with E-state index in [1.54, 1.807) is 6.07 Å². The summed E-state index contributed by atoms with van der Waals surface area (Å²) in [5.41, 5.74) is 5.61. The molecule has 0 fully saturated rings. The third kappa shape index (κ3) is 4.05. The maximum Gasteiger partial charge on any atom is 0.332 e. The first-order valence-corrected chi connectivity index (χ1v) is 8.82. The first-order chi connectivity index (χ1) is 12.3. The molecule has 7 nitrogen and oxygen atoms in total. The van der Waals surface area contributed by atoms with E-state index in [9.17, 15) is 14.4 Å². The molecule has 2 aromatic rings. The first-order valence-electron chi connectivity index (χ1n) is 8.45. The van der Waals surface area contributed by atoms with Gasteiger partial charge in [-0.2, -0.15) is 0 Å². The number of nitrogens with one attached hydrogen (secondary N) is 1. The molecule has 0 bridgehead atoms. The second-order valence-corrected chi connectivity index (χ2v) is 6.79. The molecule has 0 saturated carbocycles. The number of halogens is 1. The Morgan fingerprint density at radius 1 is 1.27 bits per heavy atom. The second kappa shape index (κ2) is 8.33. The van der Waals surface area contributed by atoms with Crippen LogP contribution < -0.4 is 21.9 Å². The highest BCUT2D eigenvalue weighted by molar-refractivity contribution is 6.31. The van der Waals surface area contributed by atoms with Gasteiger partial charge in [0.05, 0.1) is 7.05 Å². The quantitative estimate of drug-likeness (QED) is 0.667. The van der Waals surface area contributed by atoms with Crippen LogP contribution in [0.4, 0.5) is 5.82 Å². The summed E-state index contributed by atoms with van der Waals surface area (Å²) in [5, 5.41) is 0.631. The highest BCUT2D eigenvalue weighted by atomic mass is 35.5. The number of nitrogens with zero attached hydrogens (tertiary/aromatic N) is 2. The van der Waals surface area contributed by atoms with Gasteiger partial charge >= 0.3 is 5.69 Å². The summed E-state index contributed by atoms with van der Waals surface area (Å²) < 4.78 is 2.21. The molecule has 1 heterocycles. The van der Waals surface area contributed by atoms with Crippen molar-refractivity contribution in [3.63, 3.8) is 0 Å². The van der Waals surface area contributed by atoms with E-state index in [0.717, 1.165) is 15.0 Å². The Bertz CT molecular complexity index is 933. The van der Waals surface area contributed by atoms with Gasteiger partial charge in [0, 0.05) is 24.2 Å². The summed E-state index contributed by atoms with van der Waals surface area (Å²) in [4.78, 5) is 38.2. The van der Waals surface area contributed by atoms with E-state index < -0.39 is 17.0 Å². The number of nitrogens with two attached hydrogens (primary N) is 1. The minimum absolute atomic E-state index is 0.0597. The van der Waals surface area contributed by atoms with Crippen molar-refractivity contribution in [3.05, 3.63) is 61.3 Å². The van der Waals surface area contributed by atoms with Crippen LogP contribution in [0.1, 0.15) is 29.3 Å². The lowest BCUT2D eigenvalue weighted by Crippen LogP contribution is -3.08. The van der Waals surface area contributed by atoms with Crippen LogP contribution in [0.5, 0.6) is 0 Å². The van der Waals surface area contributed by atoms with Crippen LogP contribution in [0.25, 0.3) is 0 Å². The van der Waals surface area contributed by atoms with Crippen molar-refractivity contribution in [2.45, 2.75) is 26.4 Å². The molecule has 3 N–H and O–H groups in total. The van der Waals surface area contributed by atoms with Crippen molar-refractivity contribution in [1.29, 1.82) is 0 Å². The van der Waals surface area contributed by atoms with Crippen LogP contribution in [0.15, 0.2) is 33.9 Å². The van der Waals surface area contributed by atoms with Crippen LogP contribution in [0.3, 0.4) is 0 Å². The van der Waals surface area contributed by atoms with Crippen molar-refractivity contribution >= 4 is 23.2 Å². The summed E-state index contributed by atoms with van der Waals surface area (Å²) >= 11 is 6.16. The molecule has 1 atom stereocenters. The molecule has 0 amide bonds. The number of carbonyl (C=O) groups is 1. The van der Waals surface area contributed by atoms with Crippen LogP contribution in [-0.2, 0) is 20.1 Å². The molecular formula is C18H24ClN4O3+. The van der Waals surface area contributed by atoms with E-state index in [-0.39, 0.29) is 17.9 Å². The molecule has 1 unspecified atom stereocenters. The zero-order valence-corrected chi connectivity index (χ0v) is 16.0. The third-order valence-electron chi connectivity index (χ3n) is 4.22. The summed E-state index contributed by atoms with van der Waals surface area (Å²) in [7, 11) is 3.19. The summed E-state index contributed by atoms with van der Waals surface area (Å²) in [6, 6.07) is 7.41. The number of likely N-dealkylation sites (N-methyl/N-ethyl adjacent to an activating group) is 1. The summed E-state index contributed by atoms with van der Waals surface area (Å²) in [6.45, 7) is 2.83. The molecule has 0 aliphatic rings. The number of anilines is 1. The molecule has 0 saturated heterocycles. The molecule has 0 aliphatic heterocycles. The van der Waals surface area contributed by atoms with Crippen molar-refractivity contribution in [1.82, 2.24) is 9.13 Å². The van der Waals surface area contributed by atoms with Crippen molar-refractivity contribution < 1.29 is 9.69 Å². The minimum atomic E-state index is -0.657. The van der Waals surface area contributed by atoms with Crippen molar-refractivity contribution in [2.24, 2.45) is 7.05 Å². The van der Waals surface area contributed by atoms with Crippen LogP contribution in [0.2, 0.25) is 5.02 Å². The molecular weight excluding hydrogens is 356 g/mol. The molecule has 0 radical (unpaired) electrons. The maximum atomic E-state index is 12.7. The zero-order chi connectivity index (χ0) is 19.4. The topological polar surface area (TPSA) is 91.5 Å². The molecule has 0 aliphatic carbocycles. The highest BCUT2D eigenvalue weighted by Crippen LogP contribution is 2.13. The smallest absolute Gasteiger partial charge is 0.332 e. The molecule has 0 spiro atoms. The predicted molar refractivity (Wildman–Crippen MR) is 102 cm³/mol. The van der Waals surface area contributed by atoms with E-state index in [1.165, 1.54) is 11.6 Å². The maximum absolute atomic E-state index is 12.7. The number of Topliss-reactive ketones (excluding diaryl/α,β-unsaturated/α-hetero) is 1. The molecule has 140 valence electrons. The first kappa shape index (κ1) is 19.9. The third-order valence-corrected chi connectivity index (χ3v) is 4.59. The fourth-order valence-electron chi connectivity index (χ4n) is 2.88. The molecule has 2 rings (SSSR count). The van der Waals surface area contributed by atoms with Gasteiger partial charge in [-0.3, -0.25) is 18.7 Å². The number of rotatable bonds is 7. The molecule has 1 aromatic heterocycles. The normalized spacial score (nSPS) is 12.2. The predicted octanol–water partition coefficient (Wildman–Crippen LogP) is 0.0902. The number of benzene rings is 1. The molecule has 26 heavy (non-hydrogen) atoms. The van der Waals surface area contributed by atoms with Crippen LogP contribution in [0, 0.1) is 0 Å². The van der Waals surface area contributed by atoms with E-state index in [1.807, 2.05) is 32.2 Å². The second-order valence-electron chi connectivity index (χ2n) is 6.38. The van der Waals surface area contributed by atoms with E-state index in [0.29, 0.717) is 24.5 Å². The number of carbonyl (C=O) groups excluding carboxylic acids is 1. The Labute approximate surface area is 156 Å². The standard InChI is InChI=1S/C18H23ClN4O3/c1-4-9-23-16(20)15(17(25)22(3)18(23)26)14(24)11-21(2)10-12-7-5-6-8-13(12)19/h5-8H,4,9-11,20H2,1-3H3/p+1. The van der Waals surface area contributed by atoms with Gasteiger partial charge in [-0.15, -0.1) is 0 Å². The zero-order valence-electron chi connectivity index (χ0n) is 15.2. The van der Waals surface area contributed by atoms with E-state index >= 15 is 0 Å². The number of aromatic nitrogens is 2. The number of hydrogen-bond donors (Lipinski definition) is 2. The minimum Gasteiger partial charge on any atom is -0.384 e. The highest BCUT2D eigenvalue weighted by Gasteiger charge is 2.24. The Hall–Kier alpha value is -2.38. The lowest BCUT2D eigenvalue weighted by molar-refractivity contribution is -0.884. The van der Waals surface area contributed by atoms with Crippen molar-refractivity contribution in [3.8, 4) is 0 Å². The summed E-state index contributed by atoms with van der Waals surface area (Å²) in [6.07, 6.45) is 0.660. The number of nitrogen functional groups attached to an aromatic ring is 1. The van der Waals surface area contributed by atoms with Gasteiger partial charge in [-0.05, 0) is 12.5 Å². The lowest BCUT2D eigenvalue weighted by atomic mass is 10.1. The van der Waals surface area contributed by atoms with Gasteiger partial charge in [-0.25, -0.2) is 4.79 Å². The van der Waals surface area contributed by atoms with Gasteiger partial charge in [0.25, 0.3) is 5.56 Å². The van der Waals surface area contributed by atoms with Gasteiger partial charge in [0.1, 0.15) is 24.5 Å². The number of quaternary nitrogens is 1. The lowest BCUT2D eigenvalue weighted by Gasteiger charge is -2.16. The van der Waals surface area contributed by atoms with Gasteiger partial charge in [0.15, 0.2) is 0 Å². The average Bonchev–Trinajstić information content (AvgIpc) is 2.59. The van der Waals surface area contributed by atoms with Crippen molar-refractivity contribution in [2.75, 3.05) is 19.3 Å². The Morgan fingerprint density at radius 3 is 2.54 bits per heavy atom. The average molecular weight is 380 g/mol. The van der Waals surface area contributed by atoms with E-state index in [2.05, 4.69) is 0 Å². The largest absolute Gasteiger partial charge is 0.384 e. The Kier molecular flexibility index (Phi) is 6.39. The van der Waals surface area contributed by atoms with Gasteiger partial charge in [0.2, 0.25) is 5.78 Å². The summed E-state index contributed by atoms with van der Waals surface area (Å²) in [5.74, 6) is -0.451. The molecule has 8 heteroatoms. The number of hydrogen-bond acceptors (Lipinski definition) is 4. The Balaban J connectivity index is 2.31. The van der Waals surface area contributed by atoms with E-state index in [4.69, 9.17) is 17.3 Å². The van der Waals surface area contributed by atoms with Crippen LogP contribution >= 0.6 is 11.6 Å². The fourth-order valence-corrected chi connectivity index (χ4v) is 3.08. The monoisotopic (exact) mass is 379 g/mol. The SMILES string of the molecule is CCCn1c(N)c(C(=O)C[NH+](C)Cc2ccccc2Cl)c(=O)n(C)c1=O. The molecule has 1 aromatic carbocycles. The van der Waals surface area contributed by atoms with Gasteiger partial charge in [-0.1, -0.05) is 36.7 Å². The van der Waals surface area contributed by atoms with Gasteiger partial charge < -0.3 is 10.6 Å². The fraction of sp³-hybridized carbons (Fsp3) is 0.389. The Morgan fingerprint density at radius 2 is 1.92 bits per heavy atom. The van der Waals surface area contributed by atoms with Crippen LogP contribution in [-0.4, -0.2) is 28.5 Å².